The highest BCUT2D eigenvalue weighted by Gasteiger charge is 2.18. The molecule has 0 bridgehead atoms. The first-order valence-corrected chi connectivity index (χ1v) is 4.85. The summed E-state index contributed by atoms with van der Waals surface area (Å²) in [6.45, 7) is 4.10. The Morgan fingerprint density at radius 2 is 2.27 bits per heavy atom. The van der Waals surface area contributed by atoms with Gasteiger partial charge in [0.05, 0.1) is 6.04 Å². The normalized spacial score (nSPS) is 12.9. The lowest BCUT2D eigenvalue weighted by molar-refractivity contribution is 0.0950. The Morgan fingerprint density at radius 1 is 1.60 bits per heavy atom. The molecule has 0 spiro atoms. The second kappa shape index (κ2) is 4.88. The molecule has 1 unspecified atom stereocenters. The molecule has 15 heavy (non-hydrogen) atoms. The third kappa shape index (κ3) is 3.02. The highest BCUT2D eigenvalue weighted by atomic mass is 16.5. The van der Waals surface area contributed by atoms with Gasteiger partial charge in [-0.15, -0.1) is 0 Å². The van der Waals surface area contributed by atoms with Crippen LogP contribution in [0.25, 0.3) is 0 Å². The summed E-state index contributed by atoms with van der Waals surface area (Å²) in [7, 11) is 1.51. The largest absolute Gasteiger partial charge is 0.352 e. The Hall–Kier alpha value is -1.43. The standard InChI is InChI=1S/C9H16N4O2/c1-5(2)4-6(10)9-12-7(13-15-9)8(14)11-3/h5-6H,4,10H2,1-3H3,(H,11,14). The van der Waals surface area contributed by atoms with Gasteiger partial charge < -0.3 is 15.6 Å². The summed E-state index contributed by atoms with van der Waals surface area (Å²) in [6.07, 6.45) is 0.745. The van der Waals surface area contributed by atoms with Crippen molar-refractivity contribution in [2.24, 2.45) is 11.7 Å². The number of aromatic nitrogens is 2. The van der Waals surface area contributed by atoms with Crippen LogP contribution >= 0.6 is 0 Å². The molecule has 0 radical (unpaired) electrons. The molecule has 1 rings (SSSR count). The first kappa shape index (κ1) is 11.6. The number of nitrogens with two attached hydrogens (primary N) is 1. The van der Waals surface area contributed by atoms with Crippen LogP contribution in [0.3, 0.4) is 0 Å². The fourth-order valence-electron chi connectivity index (χ4n) is 1.20. The summed E-state index contributed by atoms with van der Waals surface area (Å²) in [5.74, 6) is 0.395. The van der Waals surface area contributed by atoms with Crippen molar-refractivity contribution in [2.45, 2.75) is 26.3 Å². The summed E-state index contributed by atoms with van der Waals surface area (Å²) in [5.41, 5.74) is 5.82. The van der Waals surface area contributed by atoms with Gasteiger partial charge in [-0.1, -0.05) is 19.0 Å². The van der Waals surface area contributed by atoms with E-state index in [0.29, 0.717) is 11.8 Å². The Morgan fingerprint density at radius 3 is 2.80 bits per heavy atom. The summed E-state index contributed by atoms with van der Waals surface area (Å²) < 4.78 is 4.90. The van der Waals surface area contributed by atoms with Gasteiger partial charge in [-0.2, -0.15) is 4.98 Å². The summed E-state index contributed by atoms with van der Waals surface area (Å²) in [5, 5.41) is 5.95. The van der Waals surface area contributed by atoms with Crippen LogP contribution in [0, 0.1) is 5.92 Å². The molecule has 0 saturated carbocycles. The topological polar surface area (TPSA) is 94.0 Å². The van der Waals surface area contributed by atoms with Crippen molar-refractivity contribution >= 4 is 5.91 Å². The van der Waals surface area contributed by atoms with Crippen molar-refractivity contribution < 1.29 is 9.32 Å². The zero-order chi connectivity index (χ0) is 11.4. The number of nitrogens with zero attached hydrogens (tertiary/aromatic N) is 2. The fraction of sp³-hybridized carbons (Fsp3) is 0.667. The highest BCUT2D eigenvalue weighted by molar-refractivity contribution is 5.89. The number of hydrogen-bond donors (Lipinski definition) is 2. The Balaban J connectivity index is 2.71. The summed E-state index contributed by atoms with van der Waals surface area (Å²) in [4.78, 5) is 15.1. The van der Waals surface area contributed by atoms with Gasteiger partial charge in [-0.25, -0.2) is 0 Å². The monoisotopic (exact) mass is 212 g/mol. The van der Waals surface area contributed by atoms with E-state index in [9.17, 15) is 4.79 Å². The van der Waals surface area contributed by atoms with Crippen LogP contribution in [0.2, 0.25) is 0 Å². The van der Waals surface area contributed by atoms with Crippen LogP contribution in [0.4, 0.5) is 0 Å². The smallest absolute Gasteiger partial charge is 0.292 e. The molecule has 1 heterocycles. The van der Waals surface area contributed by atoms with Crippen LogP contribution in [-0.4, -0.2) is 23.1 Å². The molecule has 1 aromatic heterocycles. The molecule has 84 valence electrons. The minimum absolute atomic E-state index is 0.0201. The van der Waals surface area contributed by atoms with Crippen LogP contribution in [0.15, 0.2) is 4.52 Å². The summed E-state index contributed by atoms with van der Waals surface area (Å²) in [6, 6.07) is -0.309. The maximum absolute atomic E-state index is 11.1. The lowest BCUT2D eigenvalue weighted by Gasteiger charge is -2.08. The molecule has 1 aromatic rings. The van der Waals surface area contributed by atoms with Crippen LogP contribution < -0.4 is 11.1 Å². The molecule has 6 heteroatoms. The molecule has 0 aliphatic carbocycles. The average Bonchev–Trinajstić information content (AvgIpc) is 2.64. The van der Waals surface area contributed by atoms with E-state index in [1.807, 2.05) is 0 Å². The molecular weight excluding hydrogens is 196 g/mol. The minimum atomic E-state index is -0.373. The predicted molar refractivity (Wildman–Crippen MR) is 54.1 cm³/mol. The molecule has 0 aromatic carbocycles. The van der Waals surface area contributed by atoms with Crippen LogP contribution in [0.5, 0.6) is 0 Å². The van der Waals surface area contributed by atoms with Crippen molar-refractivity contribution in [1.82, 2.24) is 15.5 Å². The van der Waals surface area contributed by atoms with Gasteiger partial charge in [0, 0.05) is 7.05 Å². The Bertz CT molecular complexity index is 335. The number of hydrogen-bond acceptors (Lipinski definition) is 5. The van der Waals surface area contributed by atoms with Crippen molar-refractivity contribution in [2.75, 3.05) is 7.05 Å². The molecule has 1 amide bonds. The minimum Gasteiger partial charge on any atom is -0.352 e. The van der Waals surface area contributed by atoms with E-state index in [-0.39, 0.29) is 17.8 Å². The van der Waals surface area contributed by atoms with Crippen molar-refractivity contribution in [3.05, 3.63) is 11.7 Å². The third-order valence-electron chi connectivity index (χ3n) is 1.91. The zero-order valence-electron chi connectivity index (χ0n) is 9.15. The molecule has 0 aliphatic heterocycles. The van der Waals surface area contributed by atoms with Crippen molar-refractivity contribution in [1.29, 1.82) is 0 Å². The van der Waals surface area contributed by atoms with Gasteiger partial charge in [0.25, 0.3) is 11.7 Å². The number of carbonyl (C=O) groups is 1. The molecule has 0 fully saturated rings. The Kier molecular flexibility index (Phi) is 3.79. The first-order chi connectivity index (χ1) is 7.04. The predicted octanol–water partition coefficient (Wildman–Crippen LogP) is 0.475. The van der Waals surface area contributed by atoms with Crippen molar-refractivity contribution in [3.8, 4) is 0 Å². The van der Waals surface area contributed by atoms with E-state index >= 15 is 0 Å². The quantitative estimate of drug-likeness (QED) is 0.756. The fourth-order valence-corrected chi connectivity index (χ4v) is 1.20. The number of carbonyl (C=O) groups excluding carboxylic acids is 1. The van der Waals surface area contributed by atoms with E-state index in [2.05, 4.69) is 29.3 Å². The van der Waals surface area contributed by atoms with E-state index in [1.54, 1.807) is 0 Å². The third-order valence-corrected chi connectivity index (χ3v) is 1.91. The maximum Gasteiger partial charge on any atom is 0.292 e. The average molecular weight is 212 g/mol. The first-order valence-electron chi connectivity index (χ1n) is 4.85. The van der Waals surface area contributed by atoms with E-state index < -0.39 is 0 Å². The molecule has 0 aliphatic rings. The second-order valence-corrected chi connectivity index (χ2v) is 3.77. The van der Waals surface area contributed by atoms with E-state index in [1.165, 1.54) is 7.05 Å². The van der Waals surface area contributed by atoms with Gasteiger partial charge >= 0.3 is 0 Å². The number of amides is 1. The highest BCUT2D eigenvalue weighted by Crippen LogP contribution is 2.16. The molecule has 0 saturated heterocycles. The van der Waals surface area contributed by atoms with Gasteiger partial charge in [0.15, 0.2) is 0 Å². The second-order valence-electron chi connectivity index (χ2n) is 3.77. The number of rotatable bonds is 4. The van der Waals surface area contributed by atoms with E-state index in [4.69, 9.17) is 10.3 Å². The van der Waals surface area contributed by atoms with Crippen LogP contribution in [0.1, 0.15) is 42.8 Å². The van der Waals surface area contributed by atoms with Crippen LogP contribution in [-0.2, 0) is 0 Å². The zero-order valence-corrected chi connectivity index (χ0v) is 9.15. The molecule has 1 atom stereocenters. The van der Waals surface area contributed by atoms with Gasteiger partial charge in [0.1, 0.15) is 0 Å². The molecule has 3 N–H and O–H groups in total. The molecular formula is C9H16N4O2. The van der Waals surface area contributed by atoms with E-state index in [0.717, 1.165) is 6.42 Å². The number of nitrogens with one attached hydrogen (secondary N) is 1. The van der Waals surface area contributed by atoms with Crippen molar-refractivity contribution in [3.63, 3.8) is 0 Å². The van der Waals surface area contributed by atoms with Gasteiger partial charge in [0.2, 0.25) is 5.89 Å². The van der Waals surface area contributed by atoms with Gasteiger partial charge in [-0.05, 0) is 12.3 Å². The molecule has 6 nitrogen and oxygen atoms in total. The Labute approximate surface area is 88.2 Å². The maximum atomic E-state index is 11.1. The lowest BCUT2D eigenvalue weighted by Crippen LogP contribution is -2.20. The summed E-state index contributed by atoms with van der Waals surface area (Å²) >= 11 is 0. The van der Waals surface area contributed by atoms with Gasteiger partial charge in [-0.3, -0.25) is 4.79 Å². The lowest BCUT2D eigenvalue weighted by atomic mass is 10.0. The SMILES string of the molecule is CNC(=O)c1noc(C(N)CC(C)C)n1.